The molecular weight excluding hydrogens is 580 g/mol. The fourth-order valence-electron chi connectivity index (χ4n) is 3.75. The zero-order valence-electron chi connectivity index (χ0n) is 18.1. The Morgan fingerprint density at radius 1 is 0.778 bits per heavy atom. The number of carbonyl (C=O) groups is 1. The van der Waals surface area contributed by atoms with Crippen LogP contribution in [0.4, 0.5) is 11.4 Å². The molecule has 3 aromatic carbocycles. The minimum atomic E-state index is -0.461. The summed E-state index contributed by atoms with van der Waals surface area (Å²) < 4.78 is 0. The second-order valence-electron chi connectivity index (χ2n) is 7.79. The van der Waals surface area contributed by atoms with E-state index < -0.39 is 5.91 Å². The maximum Gasteiger partial charge on any atom is 0.268 e. The average molecular weight is 594 g/mol. The summed E-state index contributed by atoms with van der Waals surface area (Å²) in [5, 5.41) is 5.43. The van der Waals surface area contributed by atoms with Gasteiger partial charge in [-0.1, -0.05) is 82.3 Å². The van der Waals surface area contributed by atoms with Crippen LogP contribution >= 0.6 is 69.3 Å². The molecule has 0 saturated heterocycles. The normalized spacial score (nSPS) is 11.1. The van der Waals surface area contributed by atoms with Gasteiger partial charge in [0.2, 0.25) is 0 Å². The molecule has 2 aromatic heterocycles. The van der Waals surface area contributed by atoms with Crippen molar-refractivity contribution in [2.45, 2.75) is 0 Å². The number of hydrogen-bond acceptors (Lipinski definition) is 4. The Morgan fingerprint density at radius 3 is 1.92 bits per heavy atom. The molecule has 5 rings (SSSR count). The number of nitrogens with two attached hydrogens (primary N) is 1. The van der Waals surface area contributed by atoms with Crippen molar-refractivity contribution in [2.24, 2.45) is 0 Å². The van der Waals surface area contributed by atoms with Crippen molar-refractivity contribution in [3.63, 3.8) is 0 Å². The molecule has 0 fully saturated rings. The number of rotatable bonds is 4. The number of benzene rings is 3. The summed E-state index contributed by atoms with van der Waals surface area (Å²) >= 11 is 31.9. The molecule has 0 atom stereocenters. The summed E-state index contributed by atoms with van der Waals surface area (Å²) in [7, 11) is 0. The zero-order chi connectivity index (χ0) is 25.6. The van der Waals surface area contributed by atoms with Crippen molar-refractivity contribution in [2.75, 3.05) is 11.1 Å². The maximum absolute atomic E-state index is 13.3. The molecule has 180 valence electrons. The van der Waals surface area contributed by atoms with E-state index in [-0.39, 0.29) is 20.6 Å². The summed E-state index contributed by atoms with van der Waals surface area (Å²) in [5.74, 6) is -0.461. The number of thiophene rings is 1. The summed E-state index contributed by atoms with van der Waals surface area (Å²) in [6.07, 6.45) is 0. The maximum atomic E-state index is 13.3. The van der Waals surface area contributed by atoms with Crippen molar-refractivity contribution < 1.29 is 4.79 Å². The van der Waals surface area contributed by atoms with Crippen molar-refractivity contribution in [3.8, 4) is 22.4 Å². The molecule has 3 N–H and O–H groups in total. The van der Waals surface area contributed by atoms with Crippen LogP contribution in [0.3, 0.4) is 0 Å². The van der Waals surface area contributed by atoms with Crippen LogP contribution in [0.2, 0.25) is 25.1 Å². The lowest BCUT2D eigenvalue weighted by Crippen LogP contribution is -2.12. The number of aromatic nitrogens is 1. The predicted molar refractivity (Wildman–Crippen MR) is 154 cm³/mol. The lowest BCUT2D eigenvalue weighted by Gasteiger charge is -2.10. The molecule has 0 aliphatic rings. The second-order valence-corrected chi connectivity index (χ2v) is 10.9. The summed E-state index contributed by atoms with van der Waals surface area (Å²) in [6.45, 7) is 0. The molecule has 2 heterocycles. The number of fused-ring (bicyclic) bond motifs is 1. The quantitative estimate of drug-likeness (QED) is 0.218. The average Bonchev–Trinajstić information content (AvgIpc) is 3.18. The van der Waals surface area contributed by atoms with Gasteiger partial charge in [-0.25, -0.2) is 4.98 Å². The van der Waals surface area contributed by atoms with Crippen molar-refractivity contribution in [3.05, 3.63) is 96.7 Å². The highest BCUT2D eigenvalue weighted by Crippen LogP contribution is 2.42. The first-order valence-electron chi connectivity index (χ1n) is 10.4. The van der Waals surface area contributed by atoms with Gasteiger partial charge < -0.3 is 11.1 Å². The number of carbonyl (C=O) groups excluding carboxylic acids is 1. The van der Waals surface area contributed by atoms with Crippen LogP contribution in [-0.2, 0) is 0 Å². The molecule has 4 nitrogen and oxygen atoms in total. The number of nitrogens with zero attached hydrogens (tertiary/aromatic N) is 1. The molecule has 0 saturated carbocycles. The van der Waals surface area contributed by atoms with Gasteiger partial charge in [-0.2, -0.15) is 0 Å². The standard InChI is InChI=1S/C26H14Cl5N3OS/c27-14-5-1-12(2-6-14)17-11-20(13-3-7-15(28)8-4-13)33-26-21(17)22(32)24(36-26)25(35)34-23-18(30)9-16(29)10-19(23)31/h1-11H,32H2,(H,34,35). The molecule has 10 heteroatoms. The van der Waals surface area contributed by atoms with E-state index in [0.717, 1.165) is 16.7 Å². The van der Waals surface area contributed by atoms with Crippen LogP contribution in [-0.4, -0.2) is 10.9 Å². The number of hydrogen-bond donors (Lipinski definition) is 2. The van der Waals surface area contributed by atoms with Crippen LogP contribution in [0.1, 0.15) is 9.67 Å². The lowest BCUT2D eigenvalue weighted by atomic mass is 9.99. The van der Waals surface area contributed by atoms with Gasteiger partial charge in [-0.3, -0.25) is 4.79 Å². The number of halogens is 5. The smallest absolute Gasteiger partial charge is 0.268 e. The summed E-state index contributed by atoms with van der Waals surface area (Å²) in [4.78, 5) is 19.0. The Kier molecular flexibility index (Phi) is 7.05. The van der Waals surface area contributed by atoms with E-state index in [0.29, 0.717) is 36.7 Å². The van der Waals surface area contributed by atoms with E-state index in [9.17, 15) is 4.79 Å². The molecule has 0 aliphatic carbocycles. The van der Waals surface area contributed by atoms with Crippen molar-refractivity contribution in [1.29, 1.82) is 0 Å². The third-order valence-corrected chi connectivity index (χ3v) is 7.86. The van der Waals surface area contributed by atoms with Gasteiger partial charge in [0.1, 0.15) is 9.71 Å². The number of pyridine rings is 1. The molecule has 0 bridgehead atoms. The third-order valence-electron chi connectivity index (χ3n) is 5.45. The van der Waals surface area contributed by atoms with Gasteiger partial charge in [-0.15, -0.1) is 11.3 Å². The molecule has 5 aromatic rings. The molecule has 0 unspecified atom stereocenters. The van der Waals surface area contributed by atoms with Gasteiger partial charge in [-0.05, 0) is 53.6 Å². The first-order chi connectivity index (χ1) is 17.2. The summed E-state index contributed by atoms with van der Waals surface area (Å²) in [5.41, 5.74) is 10.4. The van der Waals surface area contributed by atoms with Gasteiger partial charge >= 0.3 is 0 Å². The highest BCUT2D eigenvalue weighted by molar-refractivity contribution is 7.21. The van der Waals surface area contributed by atoms with E-state index in [1.807, 2.05) is 30.3 Å². The molecule has 0 radical (unpaired) electrons. The molecule has 0 spiro atoms. The first-order valence-corrected chi connectivity index (χ1v) is 13.1. The number of anilines is 2. The predicted octanol–water partition coefficient (Wildman–Crippen LogP) is 9.73. The minimum Gasteiger partial charge on any atom is -0.397 e. The second kappa shape index (κ2) is 10.1. The van der Waals surface area contributed by atoms with E-state index in [4.69, 9.17) is 68.7 Å². The number of nitrogens with one attached hydrogen (secondary N) is 1. The molecule has 0 aliphatic heterocycles. The topological polar surface area (TPSA) is 68.0 Å². The van der Waals surface area contributed by atoms with Gasteiger partial charge in [0.15, 0.2) is 0 Å². The van der Waals surface area contributed by atoms with Crippen LogP contribution in [0.5, 0.6) is 0 Å². The number of nitrogen functional groups attached to an aromatic ring is 1. The van der Waals surface area contributed by atoms with Crippen LogP contribution in [0.25, 0.3) is 32.6 Å². The minimum absolute atomic E-state index is 0.213. The van der Waals surface area contributed by atoms with E-state index >= 15 is 0 Å². The highest BCUT2D eigenvalue weighted by atomic mass is 35.5. The zero-order valence-corrected chi connectivity index (χ0v) is 22.7. The molecular formula is C26H14Cl5N3OS. The summed E-state index contributed by atoms with van der Waals surface area (Å²) in [6, 6.07) is 19.7. The SMILES string of the molecule is Nc1c(C(=O)Nc2c(Cl)cc(Cl)cc2Cl)sc2nc(-c3ccc(Cl)cc3)cc(-c3ccc(Cl)cc3)c12. The molecule has 36 heavy (non-hydrogen) atoms. The Hall–Kier alpha value is -2.51. The van der Waals surface area contributed by atoms with Crippen molar-refractivity contribution in [1.82, 2.24) is 4.98 Å². The van der Waals surface area contributed by atoms with Gasteiger partial charge in [0.05, 0.1) is 27.1 Å². The fraction of sp³-hybridized carbons (Fsp3) is 0. The van der Waals surface area contributed by atoms with Crippen molar-refractivity contribution >= 4 is 96.8 Å². The van der Waals surface area contributed by atoms with E-state index in [1.54, 1.807) is 24.3 Å². The Balaban J connectivity index is 1.67. The fourth-order valence-corrected chi connectivity index (χ4v) is 5.93. The van der Waals surface area contributed by atoms with Gasteiger partial charge in [0.25, 0.3) is 5.91 Å². The highest BCUT2D eigenvalue weighted by Gasteiger charge is 2.23. The van der Waals surface area contributed by atoms with Crippen LogP contribution in [0.15, 0.2) is 66.7 Å². The third kappa shape index (κ3) is 4.88. The Bertz CT molecular complexity index is 1610. The number of amides is 1. The van der Waals surface area contributed by atoms with E-state index in [2.05, 4.69) is 5.32 Å². The Labute approximate surface area is 235 Å². The largest absolute Gasteiger partial charge is 0.397 e. The lowest BCUT2D eigenvalue weighted by molar-refractivity contribution is 0.103. The van der Waals surface area contributed by atoms with Gasteiger partial charge in [0, 0.05) is 26.0 Å². The monoisotopic (exact) mass is 591 g/mol. The Morgan fingerprint density at radius 2 is 1.33 bits per heavy atom. The molecule has 1 amide bonds. The first kappa shape index (κ1) is 25.2. The van der Waals surface area contributed by atoms with Crippen LogP contribution in [0, 0.1) is 0 Å². The van der Waals surface area contributed by atoms with Crippen LogP contribution < -0.4 is 11.1 Å². The van der Waals surface area contributed by atoms with E-state index in [1.165, 1.54) is 23.5 Å².